The van der Waals surface area contributed by atoms with Gasteiger partial charge in [0.25, 0.3) is 5.91 Å². The van der Waals surface area contributed by atoms with E-state index in [0.29, 0.717) is 13.0 Å². The highest BCUT2D eigenvalue weighted by atomic mass is 19.1. The fraction of sp³-hybridized carbons (Fsp3) is 0.440. The molecule has 2 unspecified atom stereocenters. The van der Waals surface area contributed by atoms with Crippen LogP contribution < -0.4 is 11.1 Å². The molecule has 0 radical (unpaired) electrons. The number of phenolic OH excluding ortho intramolecular Hbond substituents is 1. The number of carbonyl (C=O) groups excluding carboxylic acids is 4. The molecule has 1 heterocycles. The van der Waals surface area contributed by atoms with Gasteiger partial charge in [-0.2, -0.15) is 0 Å². The first-order valence-corrected chi connectivity index (χ1v) is 11.9. The lowest BCUT2D eigenvalue weighted by atomic mass is 9.60. The van der Waals surface area contributed by atoms with E-state index in [-0.39, 0.29) is 30.5 Å². The van der Waals surface area contributed by atoms with Crippen LogP contribution >= 0.6 is 0 Å². The van der Waals surface area contributed by atoms with Gasteiger partial charge in [0.2, 0.25) is 11.7 Å². The number of hydrogen-bond acceptors (Lipinski definition) is 9. The van der Waals surface area contributed by atoms with Crippen LogP contribution in [0.1, 0.15) is 41.6 Å². The molecule has 4 aliphatic rings. The molecule has 1 aromatic carbocycles. The van der Waals surface area contributed by atoms with E-state index in [9.17, 15) is 39.6 Å². The van der Waals surface area contributed by atoms with E-state index in [1.807, 2.05) is 4.90 Å². The van der Waals surface area contributed by atoms with Crippen LogP contribution in [0.15, 0.2) is 28.7 Å². The largest absolute Gasteiger partial charge is 0.511 e. The van der Waals surface area contributed by atoms with Gasteiger partial charge in [-0.1, -0.05) is 0 Å². The van der Waals surface area contributed by atoms with Crippen molar-refractivity contribution in [2.45, 2.75) is 43.7 Å². The van der Waals surface area contributed by atoms with Crippen LogP contribution in [0.4, 0.5) is 10.1 Å². The summed E-state index contributed by atoms with van der Waals surface area (Å²) in [6.45, 7) is 0.697. The van der Waals surface area contributed by atoms with Crippen LogP contribution in [0.3, 0.4) is 0 Å². The summed E-state index contributed by atoms with van der Waals surface area (Å²) in [6, 6.07) is 0.441. The summed E-state index contributed by atoms with van der Waals surface area (Å²) in [5, 5.41) is 45.9. The zero-order valence-electron chi connectivity index (χ0n) is 19.9. The molecule has 1 fully saturated rings. The van der Waals surface area contributed by atoms with Crippen LogP contribution in [0, 0.1) is 17.7 Å². The van der Waals surface area contributed by atoms with Crippen molar-refractivity contribution in [2.24, 2.45) is 17.6 Å². The molecule has 12 heteroatoms. The fourth-order valence-corrected chi connectivity index (χ4v) is 6.19. The number of amides is 2. The van der Waals surface area contributed by atoms with Crippen molar-refractivity contribution in [1.82, 2.24) is 4.90 Å². The molecular weight excluding hydrogens is 489 g/mol. The number of aliphatic hydroxyl groups excluding tert-OH is 2. The van der Waals surface area contributed by atoms with Crippen molar-refractivity contribution in [3.8, 4) is 5.75 Å². The van der Waals surface area contributed by atoms with Crippen molar-refractivity contribution in [3.05, 3.63) is 45.7 Å². The number of hydrogen-bond donors (Lipinski definition) is 6. The molecule has 2 amide bonds. The molecule has 0 aromatic heterocycles. The van der Waals surface area contributed by atoms with Crippen LogP contribution in [0.5, 0.6) is 5.75 Å². The predicted octanol–water partition coefficient (Wildman–Crippen LogP) is 0.752. The monoisotopic (exact) mass is 515 g/mol. The van der Waals surface area contributed by atoms with E-state index >= 15 is 4.39 Å². The first-order chi connectivity index (χ1) is 17.4. The number of likely N-dealkylation sites (N-methyl/N-ethyl adjacent to an activating group) is 1. The Morgan fingerprint density at radius 3 is 2.54 bits per heavy atom. The Labute approximate surface area is 210 Å². The maximum Gasteiger partial charge on any atom is 0.255 e. The first-order valence-electron chi connectivity index (χ1n) is 11.9. The summed E-state index contributed by atoms with van der Waals surface area (Å²) >= 11 is 0. The zero-order chi connectivity index (χ0) is 27.0. The second kappa shape index (κ2) is 8.38. The third kappa shape index (κ3) is 3.46. The van der Waals surface area contributed by atoms with E-state index in [2.05, 4.69) is 5.32 Å². The van der Waals surface area contributed by atoms with Crippen molar-refractivity contribution in [1.29, 1.82) is 0 Å². The van der Waals surface area contributed by atoms with Crippen molar-refractivity contribution < 1.29 is 44.0 Å². The van der Waals surface area contributed by atoms with Crippen LogP contribution in [-0.4, -0.2) is 73.9 Å². The number of primary amides is 1. The van der Waals surface area contributed by atoms with Gasteiger partial charge in [-0.05, 0) is 45.2 Å². The van der Waals surface area contributed by atoms with Gasteiger partial charge in [0.15, 0.2) is 17.1 Å². The Morgan fingerprint density at radius 1 is 1.22 bits per heavy atom. The van der Waals surface area contributed by atoms with Gasteiger partial charge >= 0.3 is 0 Å². The molecule has 0 spiro atoms. The molecule has 11 nitrogen and oxygen atoms in total. The summed E-state index contributed by atoms with van der Waals surface area (Å²) < 4.78 is 15.2. The lowest BCUT2D eigenvalue weighted by Crippen LogP contribution is -2.57. The normalized spacial score (nSPS) is 29.6. The van der Waals surface area contributed by atoms with Crippen LogP contribution in [0.2, 0.25) is 0 Å². The number of carbonyl (C=O) groups is 4. The van der Waals surface area contributed by atoms with Gasteiger partial charge in [0.05, 0.1) is 17.3 Å². The smallest absolute Gasteiger partial charge is 0.255 e. The number of nitrogens with one attached hydrogen (secondary N) is 1. The maximum absolute atomic E-state index is 15.2. The average molecular weight is 515 g/mol. The third-order valence-electron chi connectivity index (χ3n) is 8.09. The van der Waals surface area contributed by atoms with Gasteiger partial charge in [0.1, 0.15) is 22.9 Å². The molecular formula is C25H26FN3O8. The Morgan fingerprint density at radius 2 is 1.92 bits per heavy atom. The Balaban J connectivity index is 1.57. The molecule has 4 atom stereocenters. The van der Waals surface area contributed by atoms with E-state index in [1.165, 1.54) is 0 Å². The first kappa shape index (κ1) is 24.9. The summed E-state index contributed by atoms with van der Waals surface area (Å²) in [5.41, 5.74) is 0.247. The van der Waals surface area contributed by atoms with Gasteiger partial charge in [0, 0.05) is 29.5 Å². The van der Waals surface area contributed by atoms with E-state index in [1.54, 1.807) is 7.05 Å². The van der Waals surface area contributed by atoms with Crippen molar-refractivity contribution >= 4 is 29.1 Å². The SMILES string of the molecule is CN1CCCC1C(=O)Nc1cc(F)c2c(c1O)C(=O)C1=C(O)[C@]3(O)C(=O)C(C(N)=O)=C(O)C[C@@H]3CC1C2. The number of benzene rings is 1. The number of aromatic hydroxyl groups is 1. The number of phenols is 1. The van der Waals surface area contributed by atoms with Gasteiger partial charge in [-0.25, -0.2) is 4.39 Å². The lowest BCUT2D eigenvalue weighted by Gasteiger charge is -2.45. The number of allylic oxidation sites excluding steroid dienone is 2. The molecule has 0 bridgehead atoms. The third-order valence-corrected chi connectivity index (χ3v) is 8.09. The molecule has 37 heavy (non-hydrogen) atoms. The summed E-state index contributed by atoms with van der Waals surface area (Å²) in [6.07, 6.45) is 0.731. The number of nitrogens with zero attached hydrogens (tertiary/aromatic N) is 1. The summed E-state index contributed by atoms with van der Waals surface area (Å²) in [4.78, 5) is 52.8. The molecule has 7 N–H and O–H groups in total. The molecule has 3 aliphatic carbocycles. The van der Waals surface area contributed by atoms with Crippen LogP contribution in [-0.2, 0) is 20.8 Å². The van der Waals surface area contributed by atoms with E-state index in [0.717, 1.165) is 12.5 Å². The fourth-order valence-electron chi connectivity index (χ4n) is 6.19. The summed E-state index contributed by atoms with van der Waals surface area (Å²) in [5.74, 6) is -9.31. The lowest BCUT2D eigenvalue weighted by molar-refractivity contribution is -0.144. The topological polar surface area (TPSA) is 190 Å². The highest BCUT2D eigenvalue weighted by Crippen LogP contribution is 2.52. The van der Waals surface area contributed by atoms with Crippen molar-refractivity contribution in [3.63, 3.8) is 0 Å². The average Bonchev–Trinajstić information content (AvgIpc) is 3.25. The number of rotatable bonds is 3. The number of nitrogens with two attached hydrogens (primary N) is 1. The molecule has 196 valence electrons. The van der Waals surface area contributed by atoms with E-state index < -0.39 is 86.7 Å². The number of halogens is 1. The number of aliphatic hydroxyl groups is 3. The van der Waals surface area contributed by atoms with E-state index in [4.69, 9.17) is 5.73 Å². The summed E-state index contributed by atoms with van der Waals surface area (Å²) in [7, 11) is 1.76. The molecule has 1 aliphatic heterocycles. The Hall–Kier alpha value is -3.77. The maximum atomic E-state index is 15.2. The number of likely N-dealkylation sites (tertiary alicyclic amines) is 1. The standard InChI is InChI=1S/C25H26FN3O8/c1-29-4-2-3-14(29)24(36)28-13-8-12(26)11-6-9-5-10-7-15(30)18(23(27)35)22(34)25(10,37)21(33)16(9)20(32)17(11)19(13)31/h8-10,14,30-31,33,37H,2-7H2,1H3,(H2,27,35)(H,28,36)/t9?,10-,14?,25-/m0/s1. The van der Waals surface area contributed by atoms with Crippen molar-refractivity contribution in [2.75, 3.05) is 18.9 Å². The quantitative estimate of drug-likeness (QED) is 0.249. The second-order valence-corrected chi connectivity index (χ2v) is 10.1. The molecule has 1 saturated heterocycles. The molecule has 0 saturated carbocycles. The van der Waals surface area contributed by atoms with Gasteiger partial charge in [-0.15, -0.1) is 0 Å². The highest BCUT2D eigenvalue weighted by Gasteiger charge is 2.59. The predicted molar refractivity (Wildman–Crippen MR) is 125 cm³/mol. The van der Waals surface area contributed by atoms with Crippen LogP contribution in [0.25, 0.3) is 0 Å². The number of anilines is 1. The highest BCUT2D eigenvalue weighted by molar-refractivity contribution is 6.24. The van der Waals surface area contributed by atoms with Gasteiger partial charge < -0.3 is 31.5 Å². The molecule has 5 rings (SSSR count). The minimum absolute atomic E-state index is 0.102. The molecule has 1 aromatic rings. The second-order valence-electron chi connectivity index (χ2n) is 10.1. The zero-order valence-corrected chi connectivity index (χ0v) is 19.9. The van der Waals surface area contributed by atoms with Gasteiger partial charge in [-0.3, -0.25) is 24.1 Å². The minimum Gasteiger partial charge on any atom is -0.511 e. The number of ketones is 2. The Bertz CT molecular complexity index is 1350. The number of Topliss-reactive ketones (excluding diaryl/α,β-unsaturated/α-hetero) is 2. The Kier molecular flexibility index (Phi) is 5.64. The minimum atomic E-state index is -2.71. The number of fused-ring (bicyclic) bond motifs is 3.